The number of halogens is 1. The van der Waals surface area contributed by atoms with Crippen molar-refractivity contribution in [3.63, 3.8) is 0 Å². The van der Waals surface area contributed by atoms with E-state index in [2.05, 4.69) is 4.98 Å². The van der Waals surface area contributed by atoms with Crippen LogP contribution in [-0.4, -0.2) is 9.55 Å². The fourth-order valence-corrected chi connectivity index (χ4v) is 2.59. The summed E-state index contributed by atoms with van der Waals surface area (Å²) in [6, 6.07) is 12.2. The molecular weight excluding hydrogens is 279 g/mol. The lowest BCUT2D eigenvalue weighted by Gasteiger charge is -2.13. The number of aromatic nitrogens is 2. The number of hydrogen-bond acceptors (Lipinski definition) is 2. The second-order valence-electron chi connectivity index (χ2n) is 5.39. The Labute approximate surface area is 128 Å². The van der Waals surface area contributed by atoms with Crippen molar-refractivity contribution in [1.82, 2.24) is 9.55 Å². The summed E-state index contributed by atoms with van der Waals surface area (Å²) in [5.74, 6) is 0.133. The number of fused-ring (bicyclic) bond motifs is 1. The van der Waals surface area contributed by atoms with Gasteiger partial charge in [0.25, 0.3) is 5.56 Å². The first kappa shape index (κ1) is 14.4. The van der Waals surface area contributed by atoms with Crippen molar-refractivity contribution in [2.24, 2.45) is 0 Å². The molecule has 0 amide bonds. The van der Waals surface area contributed by atoms with E-state index in [1.54, 1.807) is 12.1 Å². The van der Waals surface area contributed by atoms with Gasteiger partial charge in [0, 0.05) is 6.42 Å². The van der Waals surface area contributed by atoms with Gasteiger partial charge in [0.2, 0.25) is 0 Å². The maximum atomic E-state index is 14.1. The molecule has 0 spiro atoms. The molecule has 4 heteroatoms. The lowest BCUT2D eigenvalue weighted by atomic mass is 10.2. The van der Waals surface area contributed by atoms with Crippen LogP contribution in [0.2, 0.25) is 0 Å². The molecular formula is C18H17FN2O. The van der Waals surface area contributed by atoms with Crippen LogP contribution < -0.4 is 5.56 Å². The summed E-state index contributed by atoms with van der Waals surface area (Å²) >= 11 is 0. The van der Waals surface area contributed by atoms with E-state index in [1.807, 2.05) is 38.1 Å². The van der Waals surface area contributed by atoms with Crippen LogP contribution >= 0.6 is 0 Å². The summed E-state index contributed by atoms with van der Waals surface area (Å²) in [6.07, 6.45) is 1.52. The maximum absolute atomic E-state index is 14.1. The molecule has 1 aromatic heterocycles. The zero-order valence-corrected chi connectivity index (χ0v) is 12.6. The average molecular weight is 296 g/mol. The van der Waals surface area contributed by atoms with Crippen LogP contribution in [0.3, 0.4) is 0 Å². The molecule has 0 aliphatic heterocycles. The van der Waals surface area contributed by atoms with Crippen LogP contribution in [0.1, 0.15) is 24.7 Å². The van der Waals surface area contributed by atoms with E-state index < -0.39 is 5.82 Å². The van der Waals surface area contributed by atoms with Crippen LogP contribution in [0.5, 0.6) is 0 Å². The van der Waals surface area contributed by atoms with Crippen LogP contribution in [0.4, 0.5) is 4.39 Å². The molecule has 0 bridgehead atoms. The van der Waals surface area contributed by atoms with E-state index in [0.717, 1.165) is 17.7 Å². The zero-order chi connectivity index (χ0) is 15.7. The Kier molecular flexibility index (Phi) is 3.75. The molecule has 3 aromatic rings. The number of rotatable bonds is 3. The van der Waals surface area contributed by atoms with Gasteiger partial charge >= 0.3 is 0 Å². The Balaban J connectivity index is 2.38. The van der Waals surface area contributed by atoms with Crippen molar-refractivity contribution in [1.29, 1.82) is 0 Å². The van der Waals surface area contributed by atoms with E-state index >= 15 is 0 Å². The van der Waals surface area contributed by atoms with E-state index in [0.29, 0.717) is 17.8 Å². The van der Waals surface area contributed by atoms with Gasteiger partial charge in [0.15, 0.2) is 0 Å². The van der Waals surface area contributed by atoms with Gasteiger partial charge in [0.1, 0.15) is 17.0 Å². The molecule has 1 heterocycles. The molecule has 22 heavy (non-hydrogen) atoms. The number of aryl methyl sites for hydroxylation is 2. The summed E-state index contributed by atoms with van der Waals surface area (Å²) in [5, 5.41) is 0.0444. The van der Waals surface area contributed by atoms with Crippen molar-refractivity contribution in [3.05, 3.63) is 70.0 Å². The van der Waals surface area contributed by atoms with E-state index in [9.17, 15) is 9.18 Å². The fraction of sp³-hybridized carbons (Fsp3) is 0.222. The summed E-state index contributed by atoms with van der Waals surface area (Å²) < 4.78 is 15.6. The summed E-state index contributed by atoms with van der Waals surface area (Å²) in [7, 11) is 0. The second-order valence-corrected chi connectivity index (χ2v) is 5.39. The van der Waals surface area contributed by atoms with Crippen molar-refractivity contribution < 1.29 is 4.39 Å². The lowest BCUT2D eigenvalue weighted by molar-refractivity contribution is 0.636. The average Bonchev–Trinajstić information content (AvgIpc) is 2.49. The Bertz CT molecular complexity index is 882. The molecule has 3 rings (SSSR count). The molecule has 0 atom stereocenters. The fourth-order valence-electron chi connectivity index (χ4n) is 2.59. The standard InChI is InChI=1S/C18H17FN2O/c1-3-5-16-20-15-7-4-6-14(19)17(15)18(22)21(16)13-10-8-12(2)9-11-13/h4,6-11H,3,5H2,1-2H3. The molecule has 0 aliphatic rings. The third-order valence-electron chi connectivity index (χ3n) is 3.68. The minimum absolute atomic E-state index is 0.0444. The molecule has 3 nitrogen and oxygen atoms in total. The van der Waals surface area contributed by atoms with Gasteiger partial charge in [-0.15, -0.1) is 0 Å². The number of nitrogens with zero attached hydrogens (tertiary/aromatic N) is 2. The van der Waals surface area contributed by atoms with Crippen molar-refractivity contribution >= 4 is 10.9 Å². The largest absolute Gasteiger partial charge is 0.268 e. The molecule has 0 radical (unpaired) electrons. The van der Waals surface area contributed by atoms with Gasteiger partial charge in [-0.05, 0) is 37.6 Å². The van der Waals surface area contributed by atoms with Gasteiger partial charge in [-0.25, -0.2) is 9.37 Å². The lowest BCUT2D eigenvalue weighted by Crippen LogP contribution is -2.24. The van der Waals surface area contributed by atoms with Crippen molar-refractivity contribution in [2.75, 3.05) is 0 Å². The molecule has 0 aliphatic carbocycles. The Morgan fingerprint density at radius 2 is 1.86 bits per heavy atom. The molecule has 0 unspecified atom stereocenters. The Morgan fingerprint density at radius 3 is 2.55 bits per heavy atom. The Morgan fingerprint density at radius 1 is 1.14 bits per heavy atom. The van der Waals surface area contributed by atoms with Gasteiger partial charge in [-0.1, -0.05) is 30.7 Å². The summed E-state index contributed by atoms with van der Waals surface area (Å²) in [4.78, 5) is 17.3. The molecule has 0 saturated carbocycles. The number of hydrogen-bond donors (Lipinski definition) is 0. The van der Waals surface area contributed by atoms with Gasteiger partial charge < -0.3 is 0 Å². The molecule has 112 valence electrons. The topological polar surface area (TPSA) is 34.9 Å². The third kappa shape index (κ3) is 2.41. The third-order valence-corrected chi connectivity index (χ3v) is 3.68. The first-order valence-corrected chi connectivity index (χ1v) is 7.39. The highest BCUT2D eigenvalue weighted by Crippen LogP contribution is 2.17. The van der Waals surface area contributed by atoms with Crippen LogP contribution in [-0.2, 0) is 6.42 Å². The summed E-state index contributed by atoms with van der Waals surface area (Å²) in [5.41, 5.74) is 1.89. The zero-order valence-electron chi connectivity index (χ0n) is 12.6. The smallest absolute Gasteiger partial charge is 0.268 e. The quantitative estimate of drug-likeness (QED) is 0.737. The van der Waals surface area contributed by atoms with Crippen LogP contribution in [0.15, 0.2) is 47.3 Å². The predicted molar refractivity (Wildman–Crippen MR) is 86.0 cm³/mol. The van der Waals surface area contributed by atoms with E-state index in [4.69, 9.17) is 0 Å². The maximum Gasteiger partial charge on any atom is 0.268 e. The highest BCUT2D eigenvalue weighted by Gasteiger charge is 2.14. The van der Waals surface area contributed by atoms with Gasteiger partial charge in [-0.3, -0.25) is 9.36 Å². The predicted octanol–water partition coefficient (Wildman–Crippen LogP) is 3.79. The molecule has 2 aromatic carbocycles. The van der Waals surface area contributed by atoms with Crippen molar-refractivity contribution in [3.8, 4) is 5.69 Å². The van der Waals surface area contributed by atoms with Crippen LogP contribution in [0, 0.1) is 12.7 Å². The molecule has 0 fully saturated rings. The SMILES string of the molecule is CCCc1nc2cccc(F)c2c(=O)n1-c1ccc(C)cc1. The highest BCUT2D eigenvalue weighted by molar-refractivity contribution is 5.78. The van der Waals surface area contributed by atoms with Gasteiger partial charge in [-0.2, -0.15) is 0 Å². The van der Waals surface area contributed by atoms with Crippen LogP contribution in [0.25, 0.3) is 16.6 Å². The minimum Gasteiger partial charge on any atom is -0.268 e. The van der Waals surface area contributed by atoms with Crippen molar-refractivity contribution in [2.45, 2.75) is 26.7 Å². The minimum atomic E-state index is -0.529. The normalized spacial score (nSPS) is 11.0. The second kappa shape index (κ2) is 5.72. The Hall–Kier alpha value is -2.49. The first-order chi connectivity index (χ1) is 10.6. The highest BCUT2D eigenvalue weighted by atomic mass is 19.1. The van der Waals surface area contributed by atoms with E-state index in [-0.39, 0.29) is 10.9 Å². The van der Waals surface area contributed by atoms with Gasteiger partial charge in [0.05, 0.1) is 11.2 Å². The number of benzene rings is 2. The first-order valence-electron chi connectivity index (χ1n) is 7.39. The molecule has 0 saturated heterocycles. The monoisotopic (exact) mass is 296 g/mol. The van der Waals surface area contributed by atoms with E-state index in [1.165, 1.54) is 10.6 Å². The summed E-state index contributed by atoms with van der Waals surface area (Å²) in [6.45, 7) is 4.01. The molecule has 0 N–H and O–H groups in total.